The van der Waals surface area contributed by atoms with Gasteiger partial charge in [0.15, 0.2) is 0 Å². The Kier molecular flexibility index (Phi) is 14.3. The van der Waals surface area contributed by atoms with E-state index in [0.29, 0.717) is 48.3 Å². The number of imide groups is 1. The van der Waals surface area contributed by atoms with Gasteiger partial charge in [0, 0.05) is 91.6 Å². The summed E-state index contributed by atoms with van der Waals surface area (Å²) in [6, 6.07) is 19.9. The Bertz CT molecular complexity index is 2240. The van der Waals surface area contributed by atoms with Crippen molar-refractivity contribution in [3.63, 3.8) is 0 Å². The molecule has 3 aromatic carbocycles. The van der Waals surface area contributed by atoms with E-state index < -0.39 is 13.2 Å². The number of hydrogen-bond acceptors (Lipinski definition) is 10. The third kappa shape index (κ3) is 10.7. The van der Waals surface area contributed by atoms with Gasteiger partial charge in [0.1, 0.15) is 24.8 Å². The molecule has 12 nitrogen and oxygen atoms in total. The van der Waals surface area contributed by atoms with E-state index in [4.69, 9.17) is 21.3 Å². The van der Waals surface area contributed by atoms with Gasteiger partial charge >= 0.3 is 0 Å². The summed E-state index contributed by atoms with van der Waals surface area (Å²) in [5.74, 6) is 0.667. The maximum absolute atomic E-state index is 13.0. The first kappa shape index (κ1) is 43.3. The van der Waals surface area contributed by atoms with Crippen molar-refractivity contribution < 1.29 is 23.7 Å². The summed E-state index contributed by atoms with van der Waals surface area (Å²) in [4.78, 5) is 50.2. The smallest absolute Gasteiger partial charge is 0.255 e. The van der Waals surface area contributed by atoms with E-state index in [0.717, 1.165) is 96.7 Å². The average molecular weight is 854 g/mol. The lowest BCUT2D eigenvalue weighted by Crippen LogP contribution is -2.52. The molecule has 60 heavy (non-hydrogen) atoms. The second kappa shape index (κ2) is 19.7. The van der Waals surface area contributed by atoms with Crippen molar-refractivity contribution in [2.75, 3.05) is 56.8 Å². The van der Waals surface area contributed by atoms with Crippen LogP contribution in [0.25, 0.3) is 0 Å². The molecule has 3 aliphatic rings. The summed E-state index contributed by atoms with van der Waals surface area (Å²) >= 11 is 6.56. The molecular formula is C46H57ClN7O5P. The number of unbranched alkanes of at least 4 members (excludes halogenated alkanes) is 4. The normalized spacial score (nSPS) is 17.2. The lowest BCUT2D eigenvalue weighted by atomic mass is 10.0. The second-order valence-corrected chi connectivity index (χ2v) is 20.2. The first-order valence-electron chi connectivity index (χ1n) is 21.3. The van der Waals surface area contributed by atoms with Crippen LogP contribution in [0.3, 0.4) is 0 Å². The number of nitrogens with zero attached hydrogens (tertiary/aromatic N) is 4. The number of hydrogen-bond donors (Lipinski definition) is 3. The average Bonchev–Trinajstić information content (AvgIpc) is 3.56. The summed E-state index contributed by atoms with van der Waals surface area (Å²) in [6.45, 7) is 7.84. The molecule has 4 heterocycles. The summed E-state index contributed by atoms with van der Waals surface area (Å²) in [7, 11) is -0.756. The first-order chi connectivity index (χ1) is 29.0. The predicted octanol–water partition coefficient (Wildman–Crippen LogP) is 6.95. The zero-order chi connectivity index (χ0) is 42.2. The lowest BCUT2D eigenvalue weighted by Gasteiger charge is -2.34. The molecule has 2 fully saturated rings. The van der Waals surface area contributed by atoms with Gasteiger partial charge in [0.25, 0.3) is 5.91 Å². The number of methoxy groups -OCH3 is 1. The maximum Gasteiger partial charge on any atom is 0.255 e. The highest BCUT2D eigenvalue weighted by Crippen LogP contribution is 2.37. The van der Waals surface area contributed by atoms with Crippen LogP contribution in [0.15, 0.2) is 66.9 Å². The first-order valence-corrected chi connectivity index (χ1v) is 24.2. The number of nitrogens with one attached hydrogen (secondary N) is 3. The van der Waals surface area contributed by atoms with Crippen molar-refractivity contribution in [2.45, 2.75) is 89.3 Å². The van der Waals surface area contributed by atoms with Crippen molar-refractivity contribution in [1.29, 1.82) is 0 Å². The van der Waals surface area contributed by atoms with Crippen LogP contribution < -0.4 is 30.9 Å². The van der Waals surface area contributed by atoms with Gasteiger partial charge in [-0.3, -0.25) is 19.7 Å². The minimum Gasteiger partial charge on any atom is -0.496 e. The Balaban J connectivity index is 0.785. The number of benzene rings is 3. The number of piperidine rings is 2. The van der Waals surface area contributed by atoms with E-state index in [-0.39, 0.29) is 24.1 Å². The molecular weight excluding hydrogens is 797 g/mol. The Morgan fingerprint density at radius 3 is 2.43 bits per heavy atom. The summed E-state index contributed by atoms with van der Waals surface area (Å²) in [5.41, 5.74) is 6.39. The molecule has 4 aromatic rings. The molecule has 318 valence electrons. The van der Waals surface area contributed by atoms with Crippen LogP contribution in [-0.2, 0) is 33.5 Å². The van der Waals surface area contributed by atoms with Crippen LogP contribution in [0.4, 0.5) is 11.4 Å². The van der Waals surface area contributed by atoms with Gasteiger partial charge in [-0.15, -0.1) is 0 Å². The quantitative estimate of drug-likeness (QED) is 0.0547. The lowest BCUT2D eigenvalue weighted by molar-refractivity contribution is -0.136. The third-order valence-electron chi connectivity index (χ3n) is 11.9. The molecule has 14 heteroatoms. The van der Waals surface area contributed by atoms with E-state index in [2.05, 4.69) is 44.0 Å². The highest BCUT2D eigenvalue weighted by Gasteiger charge is 2.39. The molecule has 7 rings (SSSR count). The van der Waals surface area contributed by atoms with Crippen LogP contribution in [0.1, 0.15) is 96.4 Å². The van der Waals surface area contributed by atoms with E-state index in [9.17, 15) is 18.9 Å². The number of amides is 3. The highest BCUT2D eigenvalue weighted by molar-refractivity contribution is 7.70. The van der Waals surface area contributed by atoms with E-state index >= 15 is 0 Å². The SMILES string of the molecule is COc1cc(N2CCC(NCCCCCCCNc3ccc4c(c3)CN(C3CCC(=O)NC3=O)C4=O)CC2)ccc1Cc1ncc(Cl)c(Cc2ccccc2P(C)(C)=O)n1. The van der Waals surface area contributed by atoms with Crippen molar-refractivity contribution in [3.8, 4) is 5.75 Å². The molecule has 3 N–H and O–H groups in total. The van der Waals surface area contributed by atoms with Crippen LogP contribution in [-0.4, -0.2) is 91.3 Å². The van der Waals surface area contributed by atoms with Crippen LogP contribution in [0, 0.1) is 0 Å². The molecule has 1 unspecified atom stereocenters. The number of aromatic nitrogens is 2. The third-order valence-corrected chi connectivity index (χ3v) is 13.8. The Morgan fingerprint density at radius 1 is 0.900 bits per heavy atom. The van der Waals surface area contributed by atoms with Gasteiger partial charge in [0.2, 0.25) is 11.8 Å². The second-order valence-electron chi connectivity index (χ2n) is 16.6. The molecule has 3 aliphatic heterocycles. The van der Waals surface area contributed by atoms with Crippen LogP contribution in [0.2, 0.25) is 5.02 Å². The van der Waals surface area contributed by atoms with E-state index in [1.54, 1.807) is 31.5 Å². The minimum absolute atomic E-state index is 0.144. The van der Waals surface area contributed by atoms with Gasteiger partial charge in [-0.1, -0.05) is 61.2 Å². The van der Waals surface area contributed by atoms with Gasteiger partial charge in [-0.25, -0.2) is 9.97 Å². The number of carbonyl (C=O) groups is 3. The maximum atomic E-state index is 13.0. The Labute approximate surface area is 358 Å². The molecule has 0 radical (unpaired) electrons. The van der Waals surface area contributed by atoms with Crippen molar-refractivity contribution >= 4 is 53.1 Å². The van der Waals surface area contributed by atoms with Gasteiger partial charge in [0.05, 0.1) is 17.8 Å². The molecule has 0 spiro atoms. The van der Waals surface area contributed by atoms with Crippen LogP contribution in [0.5, 0.6) is 5.75 Å². The van der Waals surface area contributed by atoms with Crippen molar-refractivity contribution in [1.82, 2.24) is 25.5 Å². The topological polar surface area (TPSA) is 146 Å². The molecule has 3 amide bonds. The number of anilines is 2. The summed E-state index contributed by atoms with van der Waals surface area (Å²) < 4.78 is 18.8. The number of fused-ring (bicyclic) bond motifs is 1. The van der Waals surface area contributed by atoms with Gasteiger partial charge < -0.3 is 29.7 Å². The monoisotopic (exact) mass is 853 g/mol. The van der Waals surface area contributed by atoms with E-state index in [1.165, 1.54) is 19.3 Å². The molecule has 2 saturated heterocycles. The number of carbonyl (C=O) groups excluding carboxylic acids is 3. The molecule has 1 atom stereocenters. The Hall–Kier alpha value is -4.77. The number of halogens is 1. The predicted molar refractivity (Wildman–Crippen MR) is 238 cm³/mol. The van der Waals surface area contributed by atoms with Crippen LogP contribution >= 0.6 is 18.7 Å². The molecule has 1 aromatic heterocycles. The highest BCUT2D eigenvalue weighted by atomic mass is 35.5. The molecule has 0 aliphatic carbocycles. The fourth-order valence-corrected chi connectivity index (χ4v) is 10.1. The fraction of sp³-hybridized carbons (Fsp3) is 0.457. The fourth-order valence-electron chi connectivity index (χ4n) is 8.61. The summed E-state index contributed by atoms with van der Waals surface area (Å²) in [6.07, 6.45) is 11.3. The summed E-state index contributed by atoms with van der Waals surface area (Å²) in [5, 5.41) is 11.0. The largest absolute Gasteiger partial charge is 0.496 e. The number of ether oxygens (including phenoxy) is 1. The number of rotatable bonds is 18. The van der Waals surface area contributed by atoms with Gasteiger partial charge in [-0.2, -0.15) is 0 Å². The molecule has 0 bridgehead atoms. The van der Waals surface area contributed by atoms with Crippen molar-refractivity contribution in [3.05, 3.63) is 106 Å². The van der Waals surface area contributed by atoms with E-state index in [1.807, 2.05) is 42.5 Å². The standard InChI is InChI=1S/C46H57ClN7O5P/c1-59-41-28-36(15-13-31(41)27-43-50-29-38(47)39(51-43)26-32-11-7-8-12-42(32)60(2,3)58)53-23-19-34(20-24-53)48-21-9-5-4-6-10-22-49-35-14-16-37-33(25-35)30-54(46(37)57)40-17-18-44(55)52-45(40)56/h7-8,11-16,25,28-29,34,40,48-49H,4-6,9-10,17-24,26-27,30H2,1-3H3,(H,52,55,56). The van der Waals surface area contributed by atoms with Gasteiger partial charge in [-0.05, 0) is 87.4 Å². The zero-order valence-electron chi connectivity index (χ0n) is 35.0. The minimum atomic E-state index is -2.46. The van der Waals surface area contributed by atoms with Crippen molar-refractivity contribution in [2.24, 2.45) is 0 Å². The molecule has 0 saturated carbocycles. The zero-order valence-corrected chi connectivity index (χ0v) is 36.6. The Morgan fingerprint density at radius 2 is 1.67 bits per heavy atom.